The summed E-state index contributed by atoms with van der Waals surface area (Å²) >= 11 is 1.35. The maximum absolute atomic E-state index is 11.9. The molecular formula is C18H17N3O3S. The maximum atomic E-state index is 11.9. The molecule has 128 valence electrons. The lowest BCUT2D eigenvalue weighted by Gasteiger charge is -2.04. The Hall–Kier alpha value is -2.93. The van der Waals surface area contributed by atoms with E-state index in [9.17, 15) is 9.59 Å². The van der Waals surface area contributed by atoms with Crippen LogP contribution in [0.5, 0.6) is 0 Å². The van der Waals surface area contributed by atoms with Crippen LogP contribution in [-0.2, 0) is 16.1 Å². The third-order valence-electron chi connectivity index (χ3n) is 3.54. The van der Waals surface area contributed by atoms with Gasteiger partial charge in [0, 0.05) is 22.7 Å². The highest BCUT2D eigenvalue weighted by atomic mass is 32.1. The van der Waals surface area contributed by atoms with Crippen LogP contribution in [0.4, 0.5) is 0 Å². The van der Waals surface area contributed by atoms with Gasteiger partial charge in [-0.1, -0.05) is 24.3 Å². The van der Waals surface area contributed by atoms with E-state index in [1.165, 1.54) is 11.3 Å². The number of rotatable bonds is 6. The van der Waals surface area contributed by atoms with Crippen LogP contribution in [0.25, 0.3) is 10.9 Å². The number of amides is 1. The van der Waals surface area contributed by atoms with Gasteiger partial charge in [-0.3, -0.25) is 9.59 Å². The largest absolute Gasteiger partial charge is 0.465 e. The highest BCUT2D eigenvalue weighted by Gasteiger charge is 2.10. The first-order valence-electron chi connectivity index (χ1n) is 7.79. The fourth-order valence-corrected chi connectivity index (χ4v) is 3.09. The average Bonchev–Trinajstić information content (AvgIpc) is 3.25. The lowest BCUT2D eigenvalue weighted by molar-refractivity contribution is -0.143. The lowest BCUT2D eigenvalue weighted by atomic mass is 10.2. The highest BCUT2D eigenvalue weighted by Crippen LogP contribution is 2.20. The smallest absolute Gasteiger partial charge is 0.325 e. The summed E-state index contributed by atoms with van der Waals surface area (Å²) < 4.78 is 6.82. The molecular weight excluding hydrogens is 338 g/mol. The standard InChI is InChI=1S/C18H17N3O3S/c1-2-24-17(22)12-21-11-13(14-6-3-4-7-15(14)21)10-19-20-18(23)16-8-5-9-25-16/h3-11H,2,12H2,1H3,(H,20,23). The molecule has 0 aliphatic carbocycles. The minimum absolute atomic E-state index is 0.129. The van der Waals surface area contributed by atoms with E-state index in [1.54, 1.807) is 19.2 Å². The van der Waals surface area contributed by atoms with Gasteiger partial charge in [-0.2, -0.15) is 5.10 Å². The molecule has 25 heavy (non-hydrogen) atoms. The molecule has 2 heterocycles. The summed E-state index contributed by atoms with van der Waals surface area (Å²) in [4.78, 5) is 24.3. The average molecular weight is 355 g/mol. The minimum Gasteiger partial charge on any atom is -0.465 e. The van der Waals surface area contributed by atoms with Gasteiger partial charge in [0.2, 0.25) is 0 Å². The molecule has 1 aromatic carbocycles. The van der Waals surface area contributed by atoms with Crippen LogP contribution in [0.1, 0.15) is 22.2 Å². The number of hydrogen-bond acceptors (Lipinski definition) is 5. The summed E-state index contributed by atoms with van der Waals surface area (Å²) in [7, 11) is 0. The number of aromatic nitrogens is 1. The van der Waals surface area contributed by atoms with Gasteiger partial charge in [0.05, 0.1) is 17.7 Å². The van der Waals surface area contributed by atoms with Crippen molar-refractivity contribution in [3.8, 4) is 0 Å². The fourth-order valence-electron chi connectivity index (χ4n) is 2.48. The first kappa shape index (κ1) is 16.9. The molecule has 0 atom stereocenters. The van der Waals surface area contributed by atoms with E-state index < -0.39 is 0 Å². The van der Waals surface area contributed by atoms with Gasteiger partial charge in [0.15, 0.2) is 0 Å². The van der Waals surface area contributed by atoms with E-state index in [0.29, 0.717) is 11.5 Å². The lowest BCUT2D eigenvalue weighted by Crippen LogP contribution is -2.16. The Balaban J connectivity index is 1.80. The zero-order chi connectivity index (χ0) is 17.6. The van der Waals surface area contributed by atoms with Crippen molar-refractivity contribution >= 4 is 40.3 Å². The first-order valence-corrected chi connectivity index (χ1v) is 8.67. The van der Waals surface area contributed by atoms with Gasteiger partial charge in [-0.25, -0.2) is 5.43 Å². The van der Waals surface area contributed by atoms with E-state index >= 15 is 0 Å². The van der Waals surface area contributed by atoms with Crippen LogP contribution >= 0.6 is 11.3 Å². The third-order valence-corrected chi connectivity index (χ3v) is 4.41. The highest BCUT2D eigenvalue weighted by molar-refractivity contribution is 7.12. The predicted octanol–water partition coefficient (Wildman–Crippen LogP) is 3.03. The minimum atomic E-state index is -0.294. The summed E-state index contributed by atoms with van der Waals surface area (Å²) in [5.41, 5.74) is 4.22. The number of hydrogen-bond donors (Lipinski definition) is 1. The molecule has 0 saturated heterocycles. The van der Waals surface area contributed by atoms with Crippen molar-refractivity contribution in [3.05, 3.63) is 58.4 Å². The van der Waals surface area contributed by atoms with E-state index in [4.69, 9.17) is 4.74 Å². The van der Waals surface area contributed by atoms with Crippen molar-refractivity contribution < 1.29 is 14.3 Å². The second kappa shape index (κ2) is 7.76. The van der Waals surface area contributed by atoms with Crippen molar-refractivity contribution in [2.24, 2.45) is 5.10 Å². The number of nitrogens with zero attached hydrogens (tertiary/aromatic N) is 2. The van der Waals surface area contributed by atoms with Gasteiger partial charge in [-0.05, 0) is 24.4 Å². The van der Waals surface area contributed by atoms with Crippen LogP contribution in [-0.4, -0.2) is 29.3 Å². The quantitative estimate of drug-likeness (QED) is 0.420. The van der Waals surface area contributed by atoms with Gasteiger partial charge < -0.3 is 9.30 Å². The molecule has 3 aromatic rings. The number of carbonyl (C=O) groups is 2. The summed E-state index contributed by atoms with van der Waals surface area (Å²) in [6, 6.07) is 11.2. The molecule has 0 radical (unpaired) electrons. The number of benzene rings is 1. The van der Waals surface area contributed by atoms with Crippen LogP contribution in [0.2, 0.25) is 0 Å². The number of nitrogens with one attached hydrogen (secondary N) is 1. The molecule has 0 fully saturated rings. The van der Waals surface area contributed by atoms with Crippen molar-refractivity contribution in [1.82, 2.24) is 9.99 Å². The zero-order valence-corrected chi connectivity index (χ0v) is 14.5. The summed E-state index contributed by atoms with van der Waals surface area (Å²) in [5, 5.41) is 6.81. The first-order chi connectivity index (χ1) is 12.2. The summed E-state index contributed by atoms with van der Waals surface area (Å²) in [6.45, 7) is 2.25. The third kappa shape index (κ3) is 3.95. The second-order valence-electron chi connectivity index (χ2n) is 5.21. The molecule has 0 spiro atoms. The molecule has 0 unspecified atom stereocenters. The number of fused-ring (bicyclic) bond motifs is 1. The molecule has 7 heteroatoms. The van der Waals surface area contributed by atoms with Crippen LogP contribution in [0, 0.1) is 0 Å². The molecule has 0 aliphatic heterocycles. The second-order valence-corrected chi connectivity index (χ2v) is 6.16. The van der Waals surface area contributed by atoms with Gasteiger partial charge >= 0.3 is 5.97 Å². The van der Waals surface area contributed by atoms with Crippen LogP contribution in [0.3, 0.4) is 0 Å². The number of para-hydroxylation sites is 1. The number of carbonyl (C=O) groups excluding carboxylic acids is 2. The Morgan fingerprint density at radius 3 is 2.88 bits per heavy atom. The summed E-state index contributed by atoms with van der Waals surface area (Å²) in [6.07, 6.45) is 3.40. The van der Waals surface area contributed by atoms with E-state index in [0.717, 1.165) is 16.5 Å². The molecule has 6 nitrogen and oxygen atoms in total. The van der Waals surface area contributed by atoms with Crippen LogP contribution < -0.4 is 5.43 Å². The monoisotopic (exact) mass is 355 g/mol. The SMILES string of the molecule is CCOC(=O)Cn1cc(C=NNC(=O)c2cccs2)c2ccccc21. The normalized spacial score (nSPS) is 11.1. The molecule has 0 saturated carbocycles. The maximum Gasteiger partial charge on any atom is 0.325 e. The molecule has 1 N–H and O–H groups in total. The molecule has 1 amide bonds. The van der Waals surface area contributed by atoms with Gasteiger partial charge in [0.25, 0.3) is 5.91 Å². The molecule has 2 aromatic heterocycles. The Bertz CT molecular complexity index is 913. The van der Waals surface area contributed by atoms with Crippen molar-refractivity contribution in [3.63, 3.8) is 0 Å². The molecule has 0 bridgehead atoms. The van der Waals surface area contributed by atoms with Crippen molar-refractivity contribution in [2.75, 3.05) is 6.61 Å². The van der Waals surface area contributed by atoms with Crippen LogP contribution in [0.15, 0.2) is 53.1 Å². The number of thiophene rings is 1. The Labute approximate surface area is 148 Å². The van der Waals surface area contributed by atoms with Gasteiger partial charge in [0.1, 0.15) is 6.54 Å². The predicted molar refractivity (Wildman–Crippen MR) is 98.0 cm³/mol. The van der Waals surface area contributed by atoms with E-state index in [2.05, 4.69) is 10.5 Å². The zero-order valence-electron chi connectivity index (χ0n) is 13.6. The van der Waals surface area contributed by atoms with Crippen molar-refractivity contribution in [2.45, 2.75) is 13.5 Å². The van der Waals surface area contributed by atoms with E-state index in [1.807, 2.05) is 46.5 Å². The number of esters is 1. The van der Waals surface area contributed by atoms with E-state index in [-0.39, 0.29) is 18.4 Å². The molecule has 3 rings (SSSR count). The Morgan fingerprint density at radius 1 is 1.28 bits per heavy atom. The fraction of sp³-hybridized carbons (Fsp3) is 0.167. The van der Waals surface area contributed by atoms with Crippen molar-refractivity contribution in [1.29, 1.82) is 0 Å². The Kier molecular flexibility index (Phi) is 5.25. The number of ether oxygens (including phenoxy) is 1. The topological polar surface area (TPSA) is 72.7 Å². The Morgan fingerprint density at radius 2 is 2.12 bits per heavy atom. The summed E-state index contributed by atoms with van der Waals surface area (Å²) in [5.74, 6) is -0.542. The molecule has 0 aliphatic rings. The van der Waals surface area contributed by atoms with Gasteiger partial charge in [-0.15, -0.1) is 11.3 Å². The number of hydrazone groups is 1.